The number of fused-ring (bicyclic) bond motifs is 1. The summed E-state index contributed by atoms with van der Waals surface area (Å²) in [4.78, 5) is 16.3. The molecule has 2 aromatic heterocycles. The van der Waals surface area contributed by atoms with Crippen LogP contribution >= 0.6 is 0 Å². The fraction of sp³-hybridized carbons (Fsp3) is 0.300. The van der Waals surface area contributed by atoms with Gasteiger partial charge in [0, 0.05) is 46.4 Å². The van der Waals surface area contributed by atoms with Crippen LogP contribution in [0.5, 0.6) is 0 Å². The lowest BCUT2D eigenvalue weighted by atomic mass is 10.0. The molecule has 0 saturated carbocycles. The number of nitrogens with zero attached hydrogens (tertiary/aromatic N) is 2. The van der Waals surface area contributed by atoms with Gasteiger partial charge in [-0.15, -0.1) is 0 Å². The molecule has 0 bridgehead atoms. The number of hydrogen-bond donors (Lipinski definition) is 2. The Morgan fingerprint density at radius 1 is 1.26 bits per heavy atom. The highest BCUT2D eigenvalue weighted by molar-refractivity contribution is 7.90. The zero-order valence-corrected chi connectivity index (χ0v) is 18.4. The lowest BCUT2D eigenvalue weighted by Crippen LogP contribution is -2.64. The van der Waals surface area contributed by atoms with E-state index in [4.69, 9.17) is 4.42 Å². The minimum Gasteiger partial charge on any atom is -0.456 e. The first-order valence-electron chi connectivity index (χ1n) is 9.44. The van der Waals surface area contributed by atoms with E-state index in [-0.39, 0.29) is 17.2 Å². The fourth-order valence-corrected chi connectivity index (χ4v) is 7.09. The van der Waals surface area contributed by atoms with Gasteiger partial charge in [0.1, 0.15) is 17.4 Å². The van der Waals surface area contributed by atoms with E-state index >= 15 is 0 Å². The number of furan rings is 1. The van der Waals surface area contributed by atoms with Crippen molar-refractivity contribution in [1.82, 2.24) is 14.8 Å². The van der Waals surface area contributed by atoms with Crippen LogP contribution in [0.4, 0.5) is 0 Å². The Morgan fingerprint density at radius 3 is 2.65 bits per heavy atom. The molecule has 0 spiro atoms. The molecule has 2 N–H and O–H groups in total. The molecule has 1 saturated heterocycles. The number of benzene rings is 1. The van der Waals surface area contributed by atoms with Crippen LogP contribution in [0, 0.1) is 0 Å². The molecule has 0 radical (unpaired) electrons. The summed E-state index contributed by atoms with van der Waals surface area (Å²) in [6.45, 7) is 2.98. The van der Waals surface area contributed by atoms with Crippen LogP contribution in [-0.2, 0) is 25.6 Å². The predicted octanol–water partition coefficient (Wildman–Crippen LogP) is 1.90. The molecule has 1 aliphatic heterocycles. The Morgan fingerprint density at radius 2 is 1.97 bits per heavy atom. The number of rotatable bonds is 4. The first-order valence-corrected chi connectivity index (χ1v) is 12.2. The van der Waals surface area contributed by atoms with Gasteiger partial charge in [-0.2, -0.15) is 4.31 Å². The smallest absolute Gasteiger partial charge is 0.263 e. The van der Waals surface area contributed by atoms with Gasteiger partial charge in [0.25, 0.3) is 5.91 Å². The molecule has 0 aliphatic carbocycles. The van der Waals surface area contributed by atoms with Crippen LogP contribution in [0.25, 0.3) is 22.3 Å². The molecular weight excluding hydrogens is 442 g/mol. The normalized spacial score (nSPS) is 21.8. The number of aromatic nitrogens is 1. The summed E-state index contributed by atoms with van der Waals surface area (Å²) < 4.78 is 45.0. The van der Waals surface area contributed by atoms with Crippen LogP contribution < -0.4 is 5.48 Å². The maximum absolute atomic E-state index is 13.5. The average Bonchev–Trinajstić information content (AvgIpc) is 3.19. The summed E-state index contributed by atoms with van der Waals surface area (Å²) in [7, 11) is -5.59. The summed E-state index contributed by atoms with van der Waals surface area (Å²) in [5, 5.41) is 9.75. The molecule has 2 atom stereocenters. The van der Waals surface area contributed by atoms with E-state index in [1.807, 2.05) is 0 Å². The topological polar surface area (TPSA) is 130 Å². The first-order chi connectivity index (χ1) is 14.7. The number of carbonyl (C=O) groups is 1. The van der Waals surface area contributed by atoms with Gasteiger partial charge in [0.2, 0.25) is 10.0 Å². The summed E-state index contributed by atoms with van der Waals surface area (Å²) in [5.41, 5.74) is 2.83. The highest BCUT2D eigenvalue weighted by Crippen LogP contribution is 2.34. The molecule has 4 rings (SSSR count). The van der Waals surface area contributed by atoms with E-state index in [0.29, 0.717) is 16.7 Å². The third-order valence-electron chi connectivity index (χ3n) is 5.45. The molecule has 9 nitrogen and oxygen atoms in total. The van der Waals surface area contributed by atoms with Crippen LogP contribution in [0.15, 0.2) is 58.1 Å². The summed E-state index contributed by atoms with van der Waals surface area (Å²) in [6.07, 6.45) is 3.26. The zero-order chi connectivity index (χ0) is 22.4. The lowest BCUT2D eigenvalue weighted by molar-refractivity contribution is -0.134. The van der Waals surface area contributed by atoms with Crippen molar-refractivity contribution in [2.24, 2.45) is 0 Å². The van der Waals surface area contributed by atoms with Crippen molar-refractivity contribution in [3.05, 3.63) is 48.8 Å². The van der Waals surface area contributed by atoms with Crippen LogP contribution in [0.2, 0.25) is 0 Å². The third-order valence-corrected chi connectivity index (χ3v) is 9.26. The van der Waals surface area contributed by atoms with Crippen molar-refractivity contribution in [2.45, 2.75) is 29.5 Å². The molecule has 31 heavy (non-hydrogen) atoms. The SMILES string of the molecule is CC1(C)[C@H](C(=O)NO)N(S(=O)(=O)c2ccc3oc(-c4ccncc4)cc3c2)CCS1=O. The lowest BCUT2D eigenvalue weighted by Gasteiger charge is -2.42. The van der Waals surface area contributed by atoms with Gasteiger partial charge in [0.15, 0.2) is 0 Å². The summed E-state index contributed by atoms with van der Waals surface area (Å²) in [5.74, 6) is -0.272. The highest BCUT2D eigenvalue weighted by Gasteiger charge is 2.51. The second kappa shape index (κ2) is 7.83. The number of hydrogen-bond acceptors (Lipinski definition) is 7. The van der Waals surface area contributed by atoms with Crippen molar-refractivity contribution in [3.8, 4) is 11.3 Å². The van der Waals surface area contributed by atoms with Gasteiger partial charge in [-0.25, -0.2) is 13.9 Å². The second-order valence-electron chi connectivity index (χ2n) is 7.69. The van der Waals surface area contributed by atoms with Gasteiger partial charge in [-0.05, 0) is 50.2 Å². The van der Waals surface area contributed by atoms with Crippen molar-refractivity contribution < 1.29 is 27.0 Å². The van der Waals surface area contributed by atoms with Crippen molar-refractivity contribution in [3.63, 3.8) is 0 Å². The van der Waals surface area contributed by atoms with Crippen molar-refractivity contribution >= 4 is 37.7 Å². The van der Waals surface area contributed by atoms with E-state index in [1.165, 1.54) is 17.6 Å². The van der Waals surface area contributed by atoms with Crippen molar-refractivity contribution in [1.29, 1.82) is 0 Å². The van der Waals surface area contributed by atoms with Gasteiger partial charge in [-0.1, -0.05) is 0 Å². The molecule has 1 amide bonds. The molecular formula is C20H21N3O6S2. The summed E-state index contributed by atoms with van der Waals surface area (Å²) >= 11 is 0. The van der Waals surface area contributed by atoms with Crippen molar-refractivity contribution in [2.75, 3.05) is 12.3 Å². The molecule has 1 unspecified atom stereocenters. The molecule has 3 heterocycles. The Bertz CT molecular complexity index is 1270. The zero-order valence-electron chi connectivity index (χ0n) is 16.8. The molecule has 164 valence electrons. The number of carbonyl (C=O) groups excluding carboxylic acids is 1. The minimum absolute atomic E-state index is 0.0266. The predicted molar refractivity (Wildman–Crippen MR) is 114 cm³/mol. The number of sulfonamides is 1. The largest absolute Gasteiger partial charge is 0.456 e. The van der Waals surface area contributed by atoms with Gasteiger partial charge >= 0.3 is 0 Å². The number of nitrogens with one attached hydrogen (secondary N) is 1. The van der Waals surface area contributed by atoms with E-state index in [1.54, 1.807) is 50.5 Å². The Balaban J connectivity index is 1.77. The maximum atomic E-state index is 13.5. The number of hydroxylamine groups is 1. The standard InChI is InChI=1S/C20H21N3O6S2/c1-20(2)18(19(24)22-25)23(9-10-30(20)26)31(27,28)15-3-4-16-14(11-15)12-17(29-16)13-5-7-21-8-6-13/h3-8,11-12,18,25H,9-10H2,1-2H3,(H,22,24)/t18-,30?/m0/s1. The third kappa shape index (κ3) is 3.67. The number of pyridine rings is 1. The highest BCUT2D eigenvalue weighted by atomic mass is 32.2. The van der Waals surface area contributed by atoms with Crippen LogP contribution in [-0.4, -0.2) is 56.1 Å². The summed E-state index contributed by atoms with van der Waals surface area (Å²) in [6, 6.07) is 8.41. The monoisotopic (exact) mass is 463 g/mol. The Kier molecular flexibility index (Phi) is 5.46. The number of amides is 1. The van der Waals surface area contributed by atoms with E-state index in [2.05, 4.69) is 4.98 Å². The molecule has 1 aliphatic rings. The Labute approximate surface area is 181 Å². The van der Waals surface area contributed by atoms with E-state index in [9.17, 15) is 22.6 Å². The second-order valence-corrected chi connectivity index (χ2v) is 11.7. The Hall–Kier alpha value is -2.60. The van der Waals surface area contributed by atoms with Gasteiger partial charge in [-0.3, -0.25) is 19.2 Å². The van der Waals surface area contributed by atoms with E-state index < -0.39 is 37.5 Å². The maximum Gasteiger partial charge on any atom is 0.263 e. The molecule has 1 fully saturated rings. The van der Waals surface area contributed by atoms with Gasteiger partial charge < -0.3 is 4.42 Å². The first kappa shape index (κ1) is 21.6. The van der Waals surface area contributed by atoms with Crippen LogP contribution in [0.1, 0.15) is 13.8 Å². The molecule has 1 aromatic carbocycles. The molecule has 3 aromatic rings. The van der Waals surface area contributed by atoms with E-state index in [0.717, 1.165) is 9.87 Å². The van der Waals surface area contributed by atoms with Crippen LogP contribution in [0.3, 0.4) is 0 Å². The fourth-order valence-electron chi connectivity index (χ4n) is 3.78. The average molecular weight is 464 g/mol. The minimum atomic E-state index is -4.13. The molecule has 11 heteroatoms. The quantitative estimate of drug-likeness (QED) is 0.446. The van der Waals surface area contributed by atoms with Gasteiger partial charge in [0.05, 0.1) is 9.64 Å².